The highest BCUT2D eigenvalue weighted by atomic mass is 16.3. The van der Waals surface area contributed by atoms with Gasteiger partial charge in [0.2, 0.25) is 0 Å². The van der Waals surface area contributed by atoms with Gasteiger partial charge in [-0.05, 0) is 12.1 Å². The van der Waals surface area contributed by atoms with Crippen molar-refractivity contribution in [3.63, 3.8) is 0 Å². The van der Waals surface area contributed by atoms with Crippen molar-refractivity contribution in [1.82, 2.24) is 4.98 Å². The second-order valence-corrected chi connectivity index (χ2v) is 1.90. The first-order chi connectivity index (χ1) is 5.34. The van der Waals surface area contributed by atoms with Crippen molar-refractivity contribution in [2.75, 3.05) is 6.73 Å². The minimum absolute atomic E-state index is 0.258. The number of rotatable bonds is 2. The number of aliphatic hydroxyl groups is 1. The van der Waals surface area contributed by atoms with Crippen LogP contribution in [0, 0.1) is 0 Å². The van der Waals surface area contributed by atoms with Crippen LogP contribution in [0.15, 0.2) is 29.4 Å². The molecule has 11 heavy (non-hydrogen) atoms. The summed E-state index contributed by atoms with van der Waals surface area (Å²) in [6.07, 6.45) is 1.62. The van der Waals surface area contributed by atoms with Gasteiger partial charge in [0, 0.05) is 6.20 Å². The molecule has 0 fully saturated rings. The lowest BCUT2D eigenvalue weighted by atomic mass is 10.3. The number of aromatic nitrogens is 1. The lowest BCUT2D eigenvalue weighted by Crippen LogP contribution is -2.15. The molecular formula is C7H9N3O. The van der Waals surface area contributed by atoms with Crippen LogP contribution in [0.3, 0.4) is 0 Å². The van der Waals surface area contributed by atoms with E-state index >= 15 is 0 Å². The Hall–Kier alpha value is -1.42. The molecule has 1 rings (SSSR count). The van der Waals surface area contributed by atoms with E-state index in [0.29, 0.717) is 5.69 Å². The lowest BCUT2D eigenvalue weighted by Gasteiger charge is -1.96. The third-order valence-electron chi connectivity index (χ3n) is 1.17. The Morgan fingerprint density at radius 1 is 1.64 bits per heavy atom. The van der Waals surface area contributed by atoms with E-state index in [0.717, 1.165) is 0 Å². The molecule has 0 saturated heterocycles. The van der Waals surface area contributed by atoms with E-state index in [4.69, 9.17) is 10.8 Å². The van der Waals surface area contributed by atoms with Gasteiger partial charge in [-0.3, -0.25) is 4.98 Å². The van der Waals surface area contributed by atoms with Gasteiger partial charge in [-0.1, -0.05) is 6.07 Å². The van der Waals surface area contributed by atoms with Gasteiger partial charge >= 0.3 is 0 Å². The maximum atomic E-state index is 8.40. The minimum atomic E-state index is -0.303. The van der Waals surface area contributed by atoms with Gasteiger partial charge in [-0.15, -0.1) is 0 Å². The molecule has 0 atom stereocenters. The second-order valence-electron chi connectivity index (χ2n) is 1.90. The fourth-order valence-electron chi connectivity index (χ4n) is 0.671. The average molecular weight is 151 g/mol. The number of aliphatic imine (C=N–C) groups is 1. The molecule has 0 saturated carbocycles. The molecule has 1 heterocycles. The van der Waals surface area contributed by atoms with Crippen LogP contribution in [0.2, 0.25) is 0 Å². The molecule has 58 valence electrons. The van der Waals surface area contributed by atoms with Crippen molar-refractivity contribution in [2.24, 2.45) is 10.7 Å². The number of aliphatic hydroxyl groups excluding tert-OH is 1. The summed E-state index contributed by atoms with van der Waals surface area (Å²) in [4.78, 5) is 7.51. The predicted molar refractivity (Wildman–Crippen MR) is 42.0 cm³/mol. The molecule has 0 amide bonds. The Balaban J connectivity index is 2.85. The molecule has 0 bridgehead atoms. The van der Waals surface area contributed by atoms with Crippen LogP contribution < -0.4 is 5.73 Å². The molecule has 1 aromatic heterocycles. The van der Waals surface area contributed by atoms with Crippen molar-refractivity contribution in [3.05, 3.63) is 30.1 Å². The molecular weight excluding hydrogens is 142 g/mol. The number of pyridine rings is 1. The molecule has 1 aromatic rings. The molecule has 0 spiro atoms. The smallest absolute Gasteiger partial charge is 0.146 e. The van der Waals surface area contributed by atoms with Gasteiger partial charge in [0.1, 0.15) is 18.3 Å². The molecule has 0 unspecified atom stereocenters. The molecule has 0 aliphatic heterocycles. The first kappa shape index (κ1) is 7.68. The summed E-state index contributed by atoms with van der Waals surface area (Å²) in [7, 11) is 0. The van der Waals surface area contributed by atoms with Crippen LogP contribution in [0.1, 0.15) is 5.69 Å². The van der Waals surface area contributed by atoms with Crippen LogP contribution in [0.4, 0.5) is 0 Å². The SMILES string of the molecule is N/C(=N\CO)c1ccccn1. The summed E-state index contributed by atoms with van der Waals surface area (Å²) in [6.45, 7) is -0.303. The Morgan fingerprint density at radius 2 is 2.45 bits per heavy atom. The normalized spacial score (nSPS) is 11.5. The van der Waals surface area contributed by atoms with Crippen molar-refractivity contribution >= 4 is 5.84 Å². The van der Waals surface area contributed by atoms with Gasteiger partial charge in [-0.25, -0.2) is 4.99 Å². The van der Waals surface area contributed by atoms with Crippen LogP contribution in [-0.4, -0.2) is 22.7 Å². The zero-order valence-corrected chi connectivity index (χ0v) is 5.94. The van der Waals surface area contributed by atoms with E-state index in [1.54, 1.807) is 18.3 Å². The zero-order chi connectivity index (χ0) is 8.10. The number of hydrogen-bond donors (Lipinski definition) is 2. The van der Waals surface area contributed by atoms with Gasteiger partial charge in [0.25, 0.3) is 0 Å². The first-order valence-electron chi connectivity index (χ1n) is 3.17. The van der Waals surface area contributed by atoms with Crippen molar-refractivity contribution in [2.45, 2.75) is 0 Å². The highest BCUT2D eigenvalue weighted by Crippen LogP contribution is 1.91. The van der Waals surface area contributed by atoms with Crippen molar-refractivity contribution in [3.8, 4) is 0 Å². The summed E-state index contributed by atoms with van der Waals surface area (Å²) < 4.78 is 0. The fourth-order valence-corrected chi connectivity index (χ4v) is 0.671. The standard InChI is InChI=1S/C7H9N3O/c8-7(10-5-11)6-3-1-2-4-9-6/h1-4,11H,5H2,(H2,8,10). The monoisotopic (exact) mass is 151 g/mol. The number of nitrogens with zero attached hydrogens (tertiary/aromatic N) is 2. The summed E-state index contributed by atoms with van der Waals surface area (Å²) in [5.74, 6) is 0.258. The van der Waals surface area contributed by atoms with E-state index < -0.39 is 0 Å². The van der Waals surface area contributed by atoms with E-state index in [1.807, 2.05) is 6.07 Å². The van der Waals surface area contributed by atoms with Crippen LogP contribution in [0.25, 0.3) is 0 Å². The fraction of sp³-hybridized carbons (Fsp3) is 0.143. The topological polar surface area (TPSA) is 71.5 Å². The van der Waals surface area contributed by atoms with Crippen LogP contribution in [0.5, 0.6) is 0 Å². The van der Waals surface area contributed by atoms with E-state index in [1.165, 1.54) is 0 Å². The highest BCUT2D eigenvalue weighted by molar-refractivity contribution is 5.95. The molecule has 0 aromatic carbocycles. The summed E-state index contributed by atoms with van der Waals surface area (Å²) >= 11 is 0. The van der Waals surface area contributed by atoms with E-state index in [-0.39, 0.29) is 12.6 Å². The van der Waals surface area contributed by atoms with E-state index in [2.05, 4.69) is 9.98 Å². The number of hydrogen-bond acceptors (Lipinski definition) is 3. The zero-order valence-electron chi connectivity index (χ0n) is 5.94. The maximum Gasteiger partial charge on any atom is 0.146 e. The Morgan fingerprint density at radius 3 is 3.00 bits per heavy atom. The number of amidine groups is 1. The molecule has 4 heteroatoms. The largest absolute Gasteiger partial charge is 0.382 e. The van der Waals surface area contributed by atoms with Gasteiger partial charge in [-0.2, -0.15) is 0 Å². The summed E-state index contributed by atoms with van der Waals surface area (Å²) in [5, 5.41) is 8.40. The number of nitrogens with two attached hydrogens (primary N) is 1. The highest BCUT2D eigenvalue weighted by Gasteiger charge is 1.95. The molecule has 4 nitrogen and oxygen atoms in total. The predicted octanol–water partition coefficient (Wildman–Crippen LogP) is -0.263. The maximum absolute atomic E-state index is 8.40. The lowest BCUT2D eigenvalue weighted by molar-refractivity contribution is 0.309. The van der Waals surface area contributed by atoms with Crippen molar-refractivity contribution < 1.29 is 5.11 Å². The Bertz CT molecular complexity index is 245. The van der Waals surface area contributed by atoms with Crippen LogP contribution in [-0.2, 0) is 0 Å². The van der Waals surface area contributed by atoms with E-state index in [9.17, 15) is 0 Å². The summed E-state index contributed by atoms with van der Waals surface area (Å²) in [5.41, 5.74) is 6.02. The molecule has 0 aliphatic carbocycles. The molecule has 0 radical (unpaired) electrons. The Kier molecular flexibility index (Phi) is 2.57. The minimum Gasteiger partial charge on any atom is -0.382 e. The molecule has 3 N–H and O–H groups in total. The van der Waals surface area contributed by atoms with Gasteiger partial charge in [0.05, 0.1) is 0 Å². The van der Waals surface area contributed by atoms with Crippen molar-refractivity contribution in [1.29, 1.82) is 0 Å². The Labute approximate surface area is 64.4 Å². The van der Waals surface area contributed by atoms with Crippen LogP contribution >= 0.6 is 0 Å². The average Bonchev–Trinajstić information content (AvgIpc) is 2.07. The third-order valence-corrected chi connectivity index (χ3v) is 1.17. The summed E-state index contributed by atoms with van der Waals surface area (Å²) in [6, 6.07) is 5.33. The van der Waals surface area contributed by atoms with Gasteiger partial charge < -0.3 is 10.8 Å². The second kappa shape index (κ2) is 3.68. The third kappa shape index (κ3) is 2.01. The first-order valence-corrected chi connectivity index (χ1v) is 3.17. The quantitative estimate of drug-likeness (QED) is 0.451. The molecule has 0 aliphatic rings. The van der Waals surface area contributed by atoms with Gasteiger partial charge in [0.15, 0.2) is 0 Å².